The molecule has 1 aromatic carbocycles. The molecule has 1 fully saturated rings. The van der Waals surface area contributed by atoms with Gasteiger partial charge in [0.2, 0.25) is 0 Å². The Labute approximate surface area is 126 Å². The number of rotatable bonds is 5. The van der Waals surface area contributed by atoms with Crippen molar-refractivity contribution in [3.63, 3.8) is 0 Å². The Hall–Kier alpha value is -2.41. The number of hydrogen-bond acceptors (Lipinski definition) is 5. The molecule has 0 bridgehead atoms. The molecule has 1 saturated carbocycles. The van der Waals surface area contributed by atoms with Gasteiger partial charge in [0.25, 0.3) is 5.69 Å². The number of nitro benzene ring substituents is 1. The van der Waals surface area contributed by atoms with Crippen molar-refractivity contribution < 1.29 is 14.1 Å². The lowest BCUT2D eigenvalue weighted by atomic mass is 9.96. The maximum atomic E-state index is 12.9. The van der Waals surface area contributed by atoms with Gasteiger partial charge in [-0.25, -0.2) is 14.4 Å². The van der Waals surface area contributed by atoms with Crippen LogP contribution in [0, 0.1) is 15.9 Å². The highest BCUT2D eigenvalue weighted by Crippen LogP contribution is 2.27. The highest BCUT2D eigenvalue weighted by atomic mass is 19.1. The number of nitrogens with zero attached hydrogens (tertiary/aromatic N) is 3. The second kappa shape index (κ2) is 6.15. The van der Waals surface area contributed by atoms with E-state index >= 15 is 0 Å². The lowest BCUT2D eigenvalue weighted by Gasteiger charge is -2.25. The van der Waals surface area contributed by atoms with E-state index in [1.54, 1.807) is 6.07 Å². The van der Waals surface area contributed by atoms with E-state index in [4.69, 9.17) is 4.74 Å². The van der Waals surface area contributed by atoms with Crippen molar-refractivity contribution in [1.29, 1.82) is 0 Å². The van der Waals surface area contributed by atoms with Crippen LogP contribution in [0.1, 0.15) is 24.8 Å². The van der Waals surface area contributed by atoms with Gasteiger partial charge in [-0.2, -0.15) is 0 Å². The predicted molar refractivity (Wildman–Crippen MR) is 76.5 cm³/mol. The zero-order valence-electron chi connectivity index (χ0n) is 11.7. The minimum absolute atomic E-state index is 0.0577. The van der Waals surface area contributed by atoms with Crippen LogP contribution in [0.2, 0.25) is 0 Å². The first-order chi connectivity index (χ1) is 10.6. The molecular weight excluding hydrogens is 289 g/mol. The third kappa shape index (κ3) is 3.25. The summed E-state index contributed by atoms with van der Waals surface area (Å²) in [5.74, 6) is -0.308. The highest BCUT2D eigenvalue weighted by molar-refractivity contribution is 5.60. The molecule has 0 aliphatic heterocycles. The fraction of sp³-hybridized carbons (Fsp3) is 0.333. The van der Waals surface area contributed by atoms with Crippen molar-refractivity contribution >= 4 is 5.69 Å². The molecule has 1 heterocycles. The minimum atomic E-state index is -0.553. The summed E-state index contributed by atoms with van der Waals surface area (Å²) >= 11 is 0. The molecule has 2 aromatic rings. The predicted octanol–water partition coefficient (Wildman–Crippen LogP) is 3.26. The summed E-state index contributed by atoms with van der Waals surface area (Å²) in [6.45, 7) is 0.306. The summed E-state index contributed by atoms with van der Waals surface area (Å²) in [4.78, 5) is 18.3. The van der Waals surface area contributed by atoms with Crippen LogP contribution in [0.5, 0.6) is 0 Å². The van der Waals surface area contributed by atoms with Gasteiger partial charge in [-0.05, 0) is 30.9 Å². The maximum Gasteiger partial charge on any atom is 0.270 e. The smallest absolute Gasteiger partial charge is 0.270 e. The van der Waals surface area contributed by atoms with E-state index in [1.807, 2.05) is 0 Å². The summed E-state index contributed by atoms with van der Waals surface area (Å²) < 4.78 is 18.6. The second-order valence-electron chi connectivity index (χ2n) is 5.23. The monoisotopic (exact) mass is 303 g/mol. The molecule has 1 aromatic heterocycles. The minimum Gasteiger partial charge on any atom is -0.374 e. The van der Waals surface area contributed by atoms with E-state index in [1.165, 1.54) is 12.1 Å². The van der Waals surface area contributed by atoms with Crippen LogP contribution in [-0.4, -0.2) is 21.0 Å². The summed E-state index contributed by atoms with van der Waals surface area (Å²) in [5, 5.41) is 11.1. The molecule has 1 aliphatic carbocycles. The zero-order valence-corrected chi connectivity index (χ0v) is 11.7. The molecule has 0 radical (unpaired) electrons. The van der Waals surface area contributed by atoms with Crippen LogP contribution in [0.4, 0.5) is 10.1 Å². The van der Waals surface area contributed by atoms with Crippen LogP contribution in [0.15, 0.2) is 30.6 Å². The van der Waals surface area contributed by atoms with Crippen molar-refractivity contribution in [2.45, 2.75) is 32.0 Å². The molecule has 0 amide bonds. The van der Waals surface area contributed by atoms with Gasteiger partial charge < -0.3 is 4.74 Å². The molecule has 7 heteroatoms. The first-order valence-electron chi connectivity index (χ1n) is 7.00. The van der Waals surface area contributed by atoms with Crippen LogP contribution >= 0.6 is 0 Å². The van der Waals surface area contributed by atoms with Gasteiger partial charge in [0, 0.05) is 17.7 Å². The molecule has 6 nitrogen and oxygen atoms in total. The number of hydrogen-bond donors (Lipinski definition) is 0. The highest BCUT2D eigenvalue weighted by Gasteiger charge is 2.19. The summed E-state index contributed by atoms with van der Waals surface area (Å²) in [6.07, 6.45) is 5.53. The maximum absolute atomic E-state index is 12.9. The third-order valence-corrected chi connectivity index (χ3v) is 3.60. The molecule has 22 heavy (non-hydrogen) atoms. The Morgan fingerprint density at radius 2 is 2.00 bits per heavy atom. The summed E-state index contributed by atoms with van der Waals surface area (Å²) in [6, 6.07) is 4.59. The van der Waals surface area contributed by atoms with Crippen LogP contribution < -0.4 is 0 Å². The number of nitro groups is 1. The van der Waals surface area contributed by atoms with Gasteiger partial charge >= 0.3 is 0 Å². The molecule has 0 spiro atoms. The topological polar surface area (TPSA) is 78.2 Å². The third-order valence-electron chi connectivity index (χ3n) is 3.60. The molecule has 114 valence electrons. The van der Waals surface area contributed by atoms with E-state index in [-0.39, 0.29) is 17.6 Å². The Morgan fingerprint density at radius 3 is 2.59 bits per heavy atom. The van der Waals surface area contributed by atoms with Gasteiger partial charge in [0.05, 0.1) is 30.0 Å². The van der Waals surface area contributed by atoms with Gasteiger partial charge in [-0.15, -0.1) is 0 Å². The standard InChI is InChI=1S/C15H14FN3O3/c16-12-7-17-15(18-8-12)11-4-10(5-13(6-11)19(20)21)9-22-14-2-1-3-14/h4-8,14H,1-3,9H2. The SMILES string of the molecule is O=[N+]([O-])c1cc(COC2CCC2)cc(-c2ncc(F)cn2)c1. The van der Waals surface area contributed by atoms with Gasteiger partial charge in [0.15, 0.2) is 11.6 Å². The van der Waals surface area contributed by atoms with Crippen LogP contribution in [0.3, 0.4) is 0 Å². The molecule has 0 unspecified atom stereocenters. The largest absolute Gasteiger partial charge is 0.374 e. The molecular formula is C15H14FN3O3. The number of non-ortho nitro benzene ring substituents is 1. The van der Waals surface area contributed by atoms with Gasteiger partial charge in [0.1, 0.15) is 0 Å². The fourth-order valence-corrected chi connectivity index (χ4v) is 2.20. The Balaban J connectivity index is 1.88. The van der Waals surface area contributed by atoms with E-state index in [0.29, 0.717) is 17.7 Å². The first kappa shape index (κ1) is 14.5. The van der Waals surface area contributed by atoms with Gasteiger partial charge in [-0.3, -0.25) is 10.1 Å². The number of benzene rings is 1. The molecule has 3 rings (SSSR count). The fourth-order valence-electron chi connectivity index (χ4n) is 2.20. The Kier molecular flexibility index (Phi) is 4.06. The second-order valence-corrected chi connectivity index (χ2v) is 5.23. The quantitative estimate of drug-likeness (QED) is 0.625. The van der Waals surface area contributed by atoms with Crippen LogP contribution in [-0.2, 0) is 11.3 Å². The molecule has 0 saturated heterocycles. The lowest BCUT2D eigenvalue weighted by molar-refractivity contribution is -0.384. The number of aromatic nitrogens is 2. The van der Waals surface area contributed by atoms with Crippen molar-refractivity contribution in [3.8, 4) is 11.4 Å². The Bertz CT molecular complexity index is 687. The molecule has 0 N–H and O–H groups in total. The van der Waals surface area contributed by atoms with E-state index in [0.717, 1.165) is 31.7 Å². The number of halogens is 1. The summed E-state index contributed by atoms with van der Waals surface area (Å²) in [5.41, 5.74) is 1.10. The Morgan fingerprint density at radius 1 is 1.27 bits per heavy atom. The van der Waals surface area contributed by atoms with Crippen molar-refractivity contribution in [2.75, 3.05) is 0 Å². The van der Waals surface area contributed by atoms with Crippen molar-refractivity contribution in [3.05, 3.63) is 52.1 Å². The first-order valence-corrected chi connectivity index (χ1v) is 7.00. The van der Waals surface area contributed by atoms with Crippen LogP contribution in [0.25, 0.3) is 11.4 Å². The average Bonchev–Trinajstić information content (AvgIpc) is 2.46. The zero-order chi connectivity index (χ0) is 15.5. The average molecular weight is 303 g/mol. The van der Waals surface area contributed by atoms with Gasteiger partial charge in [-0.1, -0.05) is 0 Å². The van der Waals surface area contributed by atoms with Crippen molar-refractivity contribution in [2.24, 2.45) is 0 Å². The van der Waals surface area contributed by atoms with Crippen molar-refractivity contribution in [1.82, 2.24) is 9.97 Å². The van der Waals surface area contributed by atoms with E-state index < -0.39 is 10.7 Å². The number of ether oxygens (including phenoxy) is 1. The normalized spacial score (nSPS) is 14.6. The van der Waals surface area contributed by atoms with E-state index in [9.17, 15) is 14.5 Å². The molecule has 1 aliphatic rings. The molecule has 0 atom stereocenters. The van der Waals surface area contributed by atoms with E-state index in [2.05, 4.69) is 9.97 Å². The summed E-state index contributed by atoms with van der Waals surface area (Å²) in [7, 11) is 0. The lowest BCUT2D eigenvalue weighted by Crippen LogP contribution is -2.21.